The van der Waals surface area contributed by atoms with Gasteiger partial charge in [-0.25, -0.2) is 8.78 Å². The van der Waals surface area contributed by atoms with Gasteiger partial charge in [0, 0.05) is 24.7 Å². The molecule has 2 unspecified atom stereocenters. The average molecular weight is 342 g/mol. The summed E-state index contributed by atoms with van der Waals surface area (Å²) in [7, 11) is 0. The van der Waals surface area contributed by atoms with E-state index in [9.17, 15) is 13.6 Å². The third kappa shape index (κ3) is 3.89. The number of benzene rings is 1. The molecule has 124 valence electrons. The minimum Gasteiger partial charge on any atom is -0.357 e. The number of halogens is 3. The van der Waals surface area contributed by atoms with Gasteiger partial charge in [0.1, 0.15) is 5.69 Å². The Morgan fingerprint density at radius 3 is 2.74 bits per heavy atom. The number of rotatable bonds is 3. The fourth-order valence-corrected chi connectivity index (χ4v) is 2.87. The summed E-state index contributed by atoms with van der Waals surface area (Å²) >= 11 is 0. The van der Waals surface area contributed by atoms with E-state index in [0.29, 0.717) is 17.8 Å². The Labute approximate surface area is 139 Å². The maximum Gasteiger partial charge on any atom is 0.267 e. The molecule has 2 atom stereocenters. The van der Waals surface area contributed by atoms with Crippen LogP contribution in [0.3, 0.4) is 0 Å². The van der Waals surface area contributed by atoms with E-state index in [1.54, 1.807) is 24.4 Å². The first kappa shape index (κ1) is 17.4. The number of aromatic nitrogens is 1. The van der Waals surface area contributed by atoms with Crippen molar-refractivity contribution in [3.63, 3.8) is 0 Å². The number of carbonyl (C=O) groups is 1. The Bertz CT molecular complexity index is 663. The molecule has 1 aliphatic rings. The van der Waals surface area contributed by atoms with Gasteiger partial charge in [0.2, 0.25) is 0 Å². The Morgan fingerprint density at radius 2 is 2.04 bits per heavy atom. The van der Waals surface area contributed by atoms with Gasteiger partial charge in [-0.1, -0.05) is 6.07 Å². The van der Waals surface area contributed by atoms with Crippen LogP contribution < -0.4 is 10.6 Å². The Balaban J connectivity index is 0.00000192. The molecule has 0 spiro atoms. The zero-order valence-electron chi connectivity index (χ0n) is 12.3. The van der Waals surface area contributed by atoms with Crippen LogP contribution in [-0.4, -0.2) is 30.0 Å². The SMILES string of the molecule is Cl.O=C(NC1CNCCC1c1ccc(F)c(F)c1)c1ccc[nH]1. The summed E-state index contributed by atoms with van der Waals surface area (Å²) in [5, 5.41) is 6.17. The fraction of sp³-hybridized carbons (Fsp3) is 0.312. The van der Waals surface area contributed by atoms with Crippen molar-refractivity contribution < 1.29 is 13.6 Å². The van der Waals surface area contributed by atoms with Crippen LogP contribution in [0.5, 0.6) is 0 Å². The van der Waals surface area contributed by atoms with Crippen molar-refractivity contribution in [2.45, 2.75) is 18.4 Å². The van der Waals surface area contributed by atoms with Gasteiger partial charge in [-0.3, -0.25) is 4.79 Å². The summed E-state index contributed by atoms with van der Waals surface area (Å²) in [4.78, 5) is 15.0. The van der Waals surface area contributed by atoms with Gasteiger partial charge in [-0.15, -0.1) is 12.4 Å². The molecule has 1 amide bonds. The Morgan fingerprint density at radius 1 is 1.22 bits per heavy atom. The van der Waals surface area contributed by atoms with Gasteiger partial charge in [-0.2, -0.15) is 0 Å². The summed E-state index contributed by atoms with van der Waals surface area (Å²) in [6, 6.07) is 7.21. The summed E-state index contributed by atoms with van der Waals surface area (Å²) in [5.74, 6) is -1.96. The van der Waals surface area contributed by atoms with Gasteiger partial charge in [0.15, 0.2) is 11.6 Å². The van der Waals surface area contributed by atoms with Crippen LogP contribution in [0.15, 0.2) is 36.5 Å². The Hall–Kier alpha value is -1.92. The number of hydrogen-bond donors (Lipinski definition) is 3. The van der Waals surface area contributed by atoms with E-state index in [1.807, 2.05) is 0 Å². The normalized spacial score (nSPS) is 20.6. The molecular formula is C16H18ClF2N3O. The summed E-state index contributed by atoms with van der Waals surface area (Å²) < 4.78 is 26.6. The molecule has 0 radical (unpaired) electrons. The largest absolute Gasteiger partial charge is 0.357 e. The number of nitrogens with one attached hydrogen (secondary N) is 3. The molecule has 0 bridgehead atoms. The number of aromatic amines is 1. The van der Waals surface area contributed by atoms with Crippen molar-refractivity contribution in [3.8, 4) is 0 Å². The molecule has 0 aliphatic carbocycles. The lowest BCUT2D eigenvalue weighted by Gasteiger charge is -2.33. The molecule has 1 aliphatic heterocycles. The van der Waals surface area contributed by atoms with Crippen molar-refractivity contribution in [2.75, 3.05) is 13.1 Å². The number of H-pyrrole nitrogens is 1. The van der Waals surface area contributed by atoms with Crippen LogP contribution >= 0.6 is 12.4 Å². The van der Waals surface area contributed by atoms with E-state index in [1.165, 1.54) is 6.07 Å². The lowest BCUT2D eigenvalue weighted by Crippen LogP contribution is -2.50. The van der Waals surface area contributed by atoms with E-state index >= 15 is 0 Å². The van der Waals surface area contributed by atoms with E-state index in [4.69, 9.17) is 0 Å². The summed E-state index contributed by atoms with van der Waals surface area (Å²) in [6.45, 7) is 1.37. The van der Waals surface area contributed by atoms with Crippen LogP contribution in [0.1, 0.15) is 28.4 Å². The van der Waals surface area contributed by atoms with E-state index < -0.39 is 11.6 Å². The molecular weight excluding hydrogens is 324 g/mol. The minimum atomic E-state index is -0.857. The quantitative estimate of drug-likeness (QED) is 0.803. The summed E-state index contributed by atoms with van der Waals surface area (Å²) in [5.41, 5.74) is 1.19. The molecule has 1 aromatic heterocycles. The molecule has 1 saturated heterocycles. The predicted molar refractivity (Wildman–Crippen MR) is 85.9 cm³/mol. The average Bonchev–Trinajstić information content (AvgIpc) is 3.05. The number of piperidine rings is 1. The highest BCUT2D eigenvalue weighted by Gasteiger charge is 2.28. The van der Waals surface area contributed by atoms with Crippen LogP contribution in [-0.2, 0) is 0 Å². The first-order valence-electron chi connectivity index (χ1n) is 7.25. The van der Waals surface area contributed by atoms with E-state index in [0.717, 1.165) is 19.0 Å². The molecule has 3 rings (SSSR count). The fourth-order valence-electron chi connectivity index (χ4n) is 2.87. The minimum absolute atomic E-state index is 0. The van der Waals surface area contributed by atoms with Gasteiger partial charge in [0.25, 0.3) is 5.91 Å². The lowest BCUT2D eigenvalue weighted by atomic mass is 9.86. The van der Waals surface area contributed by atoms with Gasteiger partial charge < -0.3 is 15.6 Å². The lowest BCUT2D eigenvalue weighted by molar-refractivity contribution is 0.0920. The highest BCUT2D eigenvalue weighted by molar-refractivity contribution is 5.92. The monoisotopic (exact) mass is 341 g/mol. The van der Waals surface area contributed by atoms with Gasteiger partial charge >= 0.3 is 0 Å². The maximum absolute atomic E-state index is 13.5. The highest BCUT2D eigenvalue weighted by Crippen LogP contribution is 2.27. The van der Waals surface area contributed by atoms with Crippen LogP contribution in [0.25, 0.3) is 0 Å². The van der Waals surface area contributed by atoms with Gasteiger partial charge in [0.05, 0.1) is 0 Å². The summed E-state index contributed by atoms with van der Waals surface area (Å²) in [6.07, 6.45) is 2.43. The van der Waals surface area contributed by atoms with Crippen molar-refractivity contribution in [2.24, 2.45) is 0 Å². The zero-order valence-corrected chi connectivity index (χ0v) is 13.1. The topological polar surface area (TPSA) is 56.9 Å². The van der Waals surface area contributed by atoms with Gasteiger partial charge in [-0.05, 0) is 42.8 Å². The van der Waals surface area contributed by atoms with Crippen molar-refractivity contribution in [1.82, 2.24) is 15.6 Å². The second-order valence-electron chi connectivity index (χ2n) is 5.44. The van der Waals surface area contributed by atoms with Crippen molar-refractivity contribution in [1.29, 1.82) is 0 Å². The van der Waals surface area contributed by atoms with Crippen LogP contribution in [0, 0.1) is 11.6 Å². The number of amides is 1. The maximum atomic E-state index is 13.5. The third-order valence-corrected chi connectivity index (χ3v) is 4.01. The smallest absolute Gasteiger partial charge is 0.267 e. The second kappa shape index (κ2) is 7.57. The zero-order chi connectivity index (χ0) is 15.5. The molecule has 0 saturated carbocycles. The first-order chi connectivity index (χ1) is 10.6. The molecule has 1 fully saturated rings. The van der Waals surface area contributed by atoms with Crippen LogP contribution in [0.4, 0.5) is 8.78 Å². The standard InChI is InChI=1S/C16H17F2N3O.ClH/c17-12-4-3-10(8-13(12)18)11-5-7-19-9-15(11)21-16(22)14-2-1-6-20-14;/h1-4,6,8,11,15,19-20H,5,7,9H2,(H,21,22);1H. The van der Waals surface area contributed by atoms with Crippen molar-refractivity contribution in [3.05, 3.63) is 59.4 Å². The highest BCUT2D eigenvalue weighted by atomic mass is 35.5. The predicted octanol–water partition coefficient (Wildman–Crippen LogP) is 2.59. The molecule has 7 heteroatoms. The van der Waals surface area contributed by atoms with Crippen LogP contribution in [0.2, 0.25) is 0 Å². The Kier molecular flexibility index (Phi) is 5.74. The molecule has 4 nitrogen and oxygen atoms in total. The molecule has 2 heterocycles. The number of carbonyl (C=O) groups excluding carboxylic acids is 1. The van der Waals surface area contributed by atoms with E-state index in [-0.39, 0.29) is 30.3 Å². The van der Waals surface area contributed by atoms with Crippen molar-refractivity contribution >= 4 is 18.3 Å². The third-order valence-electron chi connectivity index (χ3n) is 4.01. The number of hydrogen-bond acceptors (Lipinski definition) is 2. The first-order valence-corrected chi connectivity index (χ1v) is 7.25. The second-order valence-corrected chi connectivity index (χ2v) is 5.44. The molecule has 3 N–H and O–H groups in total. The molecule has 23 heavy (non-hydrogen) atoms. The molecule has 1 aromatic carbocycles. The molecule has 2 aromatic rings. The van der Waals surface area contributed by atoms with E-state index in [2.05, 4.69) is 15.6 Å².